The minimum Gasteiger partial charge on any atom is -0.260 e. The van der Waals surface area contributed by atoms with Crippen LogP contribution in [-0.4, -0.2) is 15.7 Å². The van der Waals surface area contributed by atoms with E-state index in [0.717, 1.165) is 17.2 Å². The van der Waals surface area contributed by atoms with Gasteiger partial charge >= 0.3 is 0 Å². The van der Waals surface area contributed by atoms with Gasteiger partial charge in [-0.1, -0.05) is 0 Å². The molecule has 0 fully saturated rings. The molecule has 0 N–H and O–H groups in total. The van der Waals surface area contributed by atoms with Crippen LogP contribution in [-0.2, 0) is 0 Å². The lowest BCUT2D eigenvalue weighted by atomic mass is 9.93. The average molecular weight is 207 g/mol. The van der Waals surface area contributed by atoms with E-state index in [1.807, 2.05) is 13.8 Å². The van der Waals surface area contributed by atoms with Crippen LogP contribution < -0.4 is 0 Å². The molecule has 14 heavy (non-hydrogen) atoms. The second-order valence-corrected chi connectivity index (χ2v) is 4.75. The van der Waals surface area contributed by atoms with Crippen molar-refractivity contribution in [3.05, 3.63) is 18.6 Å². The SMILES string of the molecule is CC(C)(C#N)CCSc1cnccn1. The second kappa shape index (κ2) is 4.97. The molecule has 0 saturated carbocycles. The summed E-state index contributed by atoms with van der Waals surface area (Å²) in [4.78, 5) is 8.11. The van der Waals surface area contributed by atoms with Gasteiger partial charge in [-0.05, 0) is 20.3 Å². The maximum Gasteiger partial charge on any atom is 0.114 e. The third kappa shape index (κ3) is 3.75. The van der Waals surface area contributed by atoms with E-state index in [1.54, 1.807) is 30.4 Å². The summed E-state index contributed by atoms with van der Waals surface area (Å²) in [5.41, 5.74) is -0.241. The Morgan fingerprint density at radius 3 is 2.86 bits per heavy atom. The zero-order valence-electron chi connectivity index (χ0n) is 8.40. The molecule has 1 rings (SSSR count). The Bertz CT molecular complexity index is 316. The van der Waals surface area contributed by atoms with Crippen molar-refractivity contribution in [1.82, 2.24) is 9.97 Å². The molecule has 0 radical (unpaired) electrons. The van der Waals surface area contributed by atoms with Gasteiger partial charge in [-0.3, -0.25) is 4.98 Å². The van der Waals surface area contributed by atoms with Crippen LogP contribution >= 0.6 is 11.8 Å². The summed E-state index contributed by atoms with van der Waals surface area (Å²) in [5.74, 6) is 0.902. The molecule has 1 aromatic rings. The summed E-state index contributed by atoms with van der Waals surface area (Å²) in [5, 5.41) is 9.72. The van der Waals surface area contributed by atoms with E-state index >= 15 is 0 Å². The van der Waals surface area contributed by atoms with Gasteiger partial charge in [0.2, 0.25) is 0 Å². The minimum absolute atomic E-state index is 0.241. The first kappa shape index (κ1) is 11.0. The highest BCUT2D eigenvalue weighted by Gasteiger charge is 2.15. The van der Waals surface area contributed by atoms with Gasteiger partial charge in [0.05, 0.1) is 17.7 Å². The second-order valence-electron chi connectivity index (χ2n) is 3.64. The lowest BCUT2D eigenvalue weighted by Crippen LogP contribution is -2.08. The van der Waals surface area contributed by atoms with E-state index < -0.39 is 0 Å². The summed E-state index contributed by atoms with van der Waals surface area (Å²) in [6.07, 6.45) is 5.94. The van der Waals surface area contributed by atoms with E-state index in [1.165, 1.54) is 0 Å². The number of rotatable bonds is 4. The van der Waals surface area contributed by atoms with Gasteiger partial charge in [0.25, 0.3) is 0 Å². The maximum atomic E-state index is 8.80. The molecule has 0 bridgehead atoms. The first-order valence-electron chi connectivity index (χ1n) is 4.44. The summed E-state index contributed by atoms with van der Waals surface area (Å²) in [7, 11) is 0. The van der Waals surface area contributed by atoms with Crippen molar-refractivity contribution < 1.29 is 0 Å². The summed E-state index contributed by atoms with van der Waals surface area (Å²) in [6, 6.07) is 2.28. The first-order chi connectivity index (χ1) is 6.64. The van der Waals surface area contributed by atoms with Crippen molar-refractivity contribution in [2.75, 3.05) is 5.75 Å². The molecule has 1 heterocycles. The smallest absolute Gasteiger partial charge is 0.114 e. The van der Waals surface area contributed by atoms with Crippen molar-refractivity contribution in [3.63, 3.8) is 0 Å². The Kier molecular flexibility index (Phi) is 3.90. The molecule has 0 amide bonds. The van der Waals surface area contributed by atoms with Crippen molar-refractivity contribution in [2.45, 2.75) is 25.3 Å². The Morgan fingerprint density at radius 2 is 2.29 bits per heavy atom. The molecule has 4 heteroatoms. The molecular formula is C10H13N3S. The monoisotopic (exact) mass is 207 g/mol. The molecule has 0 aliphatic rings. The molecule has 0 saturated heterocycles. The van der Waals surface area contributed by atoms with Crippen LogP contribution in [0.15, 0.2) is 23.6 Å². The highest BCUT2D eigenvalue weighted by molar-refractivity contribution is 7.99. The molecule has 0 unspecified atom stereocenters. The van der Waals surface area contributed by atoms with Crippen LogP contribution in [0.4, 0.5) is 0 Å². The van der Waals surface area contributed by atoms with Gasteiger partial charge in [0, 0.05) is 18.1 Å². The lowest BCUT2D eigenvalue weighted by Gasteiger charge is -2.13. The van der Waals surface area contributed by atoms with Crippen molar-refractivity contribution in [1.29, 1.82) is 5.26 Å². The van der Waals surface area contributed by atoms with Gasteiger partial charge < -0.3 is 0 Å². The fraction of sp³-hybridized carbons (Fsp3) is 0.500. The molecule has 3 nitrogen and oxygen atoms in total. The van der Waals surface area contributed by atoms with Crippen LogP contribution in [0.25, 0.3) is 0 Å². The molecule has 0 atom stereocenters. The van der Waals surface area contributed by atoms with Crippen LogP contribution in [0.1, 0.15) is 20.3 Å². The first-order valence-corrected chi connectivity index (χ1v) is 5.43. The zero-order valence-corrected chi connectivity index (χ0v) is 9.21. The van der Waals surface area contributed by atoms with Gasteiger partial charge in [-0.2, -0.15) is 5.26 Å². The topological polar surface area (TPSA) is 49.6 Å². The highest BCUT2D eigenvalue weighted by atomic mass is 32.2. The number of nitriles is 1. The molecule has 1 aromatic heterocycles. The fourth-order valence-corrected chi connectivity index (χ4v) is 1.92. The number of hydrogen-bond acceptors (Lipinski definition) is 4. The van der Waals surface area contributed by atoms with E-state index in [2.05, 4.69) is 16.0 Å². The molecule has 0 aliphatic heterocycles. The zero-order chi connectivity index (χ0) is 10.4. The normalized spacial score (nSPS) is 10.9. The van der Waals surface area contributed by atoms with E-state index in [9.17, 15) is 0 Å². The summed E-state index contributed by atoms with van der Waals surface area (Å²) < 4.78 is 0. The number of nitrogens with zero attached hydrogens (tertiary/aromatic N) is 3. The van der Waals surface area contributed by atoms with E-state index in [-0.39, 0.29) is 5.41 Å². The van der Waals surface area contributed by atoms with Crippen LogP contribution in [0.2, 0.25) is 0 Å². The Labute approximate surface area is 88.6 Å². The minimum atomic E-state index is -0.241. The van der Waals surface area contributed by atoms with Gasteiger partial charge in [0.1, 0.15) is 5.03 Å². The standard InChI is InChI=1S/C10H13N3S/c1-10(2,8-11)3-6-14-9-7-12-4-5-13-9/h4-5,7H,3,6H2,1-2H3. The number of thioether (sulfide) groups is 1. The summed E-state index contributed by atoms with van der Waals surface area (Å²) in [6.45, 7) is 3.90. The summed E-state index contributed by atoms with van der Waals surface area (Å²) >= 11 is 1.64. The predicted molar refractivity (Wildman–Crippen MR) is 56.8 cm³/mol. The molecular weight excluding hydrogens is 194 g/mol. The van der Waals surface area contributed by atoms with Crippen LogP contribution in [0, 0.1) is 16.7 Å². The van der Waals surface area contributed by atoms with Gasteiger partial charge in [-0.25, -0.2) is 4.98 Å². The largest absolute Gasteiger partial charge is 0.260 e. The van der Waals surface area contributed by atoms with Crippen molar-refractivity contribution >= 4 is 11.8 Å². The lowest BCUT2D eigenvalue weighted by molar-refractivity contribution is 0.482. The third-order valence-electron chi connectivity index (χ3n) is 1.82. The molecule has 74 valence electrons. The Hall–Kier alpha value is -1.08. The highest BCUT2D eigenvalue weighted by Crippen LogP contribution is 2.24. The van der Waals surface area contributed by atoms with E-state index in [0.29, 0.717) is 0 Å². The van der Waals surface area contributed by atoms with Crippen LogP contribution in [0.3, 0.4) is 0 Å². The molecule has 0 spiro atoms. The maximum absolute atomic E-state index is 8.80. The van der Waals surface area contributed by atoms with E-state index in [4.69, 9.17) is 5.26 Å². The Morgan fingerprint density at radius 1 is 1.50 bits per heavy atom. The molecule has 0 aromatic carbocycles. The van der Waals surface area contributed by atoms with Gasteiger partial charge in [-0.15, -0.1) is 11.8 Å². The van der Waals surface area contributed by atoms with Crippen LogP contribution in [0.5, 0.6) is 0 Å². The number of aromatic nitrogens is 2. The quantitative estimate of drug-likeness (QED) is 0.712. The number of hydrogen-bond donors (Lipinski definition) is 0. The predicted octanol–water partition coefficient (Wildman–Crippen LogP) is 2.51. The molecule has 0 aliphatic carbocycles. The van der Waals surface area contributed by atoms with Gasteiger partial charge in [0.15, 0.2) is 0 Å². The van der Waals surface area contributed by atoms with Crippen molar-refractivity contribution in [2.24, 2.45) is 5.41 Å². The fourth-order valence-electron chi connectivity index (χ4n) is 0.827. The third-order valence-corrected chi connectivity index (χ3v) is 2.73. The van der Waals surface area contributed by atoms with Crippen molar-refractivity contribution in [3.8, 4) is 6.07 Å². The average Bonchev–Trinajstić information content (AvgIpc) is 2.19. The Balaban J connectivity index is 2.34.